The lowest BCUT2D eigenvalue weighted by Crippen LogP contribution is -2.53. The van der Waals surface area contributed by atoms with E-state index in [2.05, 4.69) is 10.4 Å². The fraction of sp³-hybridized carbons (Fsp3) is 0.400. The Hall–Kier alpha value is -1.92. The van der Waals surface area contributed by atoms with Crippen molar-refractivity contribution in [2.75, 3.05) is 19.6 Å². The number of nitrogens with zero attached hydrogens (tertiary/aromatic N) is 3. The second-order valence-corrected chi connectivity index (χ2v) is 5.32. The lowest BCUT2D eigenvalue weighted by Gasteiger charge is -2.34. The second-order valence-electron chi connectivity index (χ2n) is 5.32. The van der Waals surface area contributed by atoms with Crippen molar-refractivity contribution in [3.8, 4) is 0 Å². The standard InChI is InChI=1S/C15H18N4O2.ClH/c1-11-8-16-6-7-18(11)15(21)10-19-13-5-3-2-4-12(13)14(20)9-17-19;/h2-5,9,11,16H,6-8,10H2,1H3;1H/t11-;/m0./s1. The third-order valence-corrected chi connectivity index (χ3v) is 3.87. The second kappa shape index (κ2) is 6.89. The largest absolute Gasteiger partial charge is 0.336 e. The average Bonchev–Trinajstić information content (AvgIpc) is 2.51. The van der Waals surface area contributed by atoms with Gasteiger partial charge in [0.25, 0.3) is 0 Å². The summed E-state index contributed by atoms with van der Waals surface area (Å²) in [5.74, 6) is 0.0327. The summed E-state index contributed by atoms with van der Waals surface area (Å²) in [6.45, 7) is 4.52. The van der Waals surface area contributed by atoms with Crippen molar-refractivity contribution in [1.82, 2.24) is 20.0 Å². The van der Waals surface area contributed by atoms with E-state index in [0.29, 0.717) is 17.4 Å². The van der Waals surface area contributed by atoms with Gasteiger partial charge in [0.15, 0.2) is 0 Å². The van der Waals surface area contributed by atoms with Gasteiger partial charge in [-0.1, -0.05) is 12.1 Å². The number of para-hydroxylation sites is 1. The van der Waals surface area contributed by atoms with Crippen LogP contribution in [-0.2, 0) is 11.3 Å². The normalized spacial score (nSPS) is 18.0. The van der Waals surface area contributed by atoms with Crippen LogP contribution in [0.1, 0.15) is 6.92 Å². The molecule has 1 amide bonds. The molecule has 2 heterocycles. The number of piperazine rings is 1. The third-order valence-electron chi connectivity index (χ3n) is 3.87. The number of nitrogens with one attached hydrogen (secondary N) is 1. The van der Waals surface area contributed by atoms with Gasteiger partial charge < -0.3 is 10.2 Å². The highest BCUT2D eigenvalue weighted by Gasteiger charge is 2.23. The van der Waals surface area contributed by atoms with Crippen LogP contribution in [0.5, 0.6) is 0 Å². The fourth-order valence-corrected chi connectivity index (χ4v) is 2.72. The predicted octanol–water partition coefficient (Wildman–Crippen LogP) is 0.639. The Morgan fingerprint density at radius 1 is 1.41 bits per heavy atom. The quantitative estimate of drug-likeness (QED) is 0.881. The van der Waals surface area contributed by atoms with E-state index < -0.39 is 0 Å². The number of fused-ring (bicyclic) bond motifs is 1. The summed E-state index contributed by atoms with van der Waals surface area (Å²) in [5.41, 5.74) is 0.575. The molecule has 6 nitrogen and oxygen atoms in total. The monoisotopic (exact) mass is 322 g/mol. The van der Waals surface area contributed by atoms with Crippen molar-refractivity contribution in [2.45, 2.75) is 19.5 Å². The minimum atomic E-state index is -0.121. The van der Waals surface area contributed by atoms with Gasteiger partial charge in [-0.3, -0.25) is 14.3 Å². The van der Waals surface area contributed by atoms with Crippen LogP contribution in [0.15, 0.2) is 35.3 Å². The summed E-state index contributed by atoms with van der Waals surface area (Å²) in [5, 5.41) is 7.96. The number of hydrogen-bond acceptors (Lipinski definition) is 4. The van der Waals surface area contributed by atoms with Crippen molar-refractivity contribution >= 4 is 29.2 Å². The zero-order valence-electron chi connectivity index (χ0n) is 12.4. The minimum Gasteiger partial charge on any atom is -0.336 e. The first-order chi connectivity index (χ1) is 10.2. The number of halogens is 1. The van der Waals surface area contributed by atoms with E-state index in [1.807, 2.05) is 30.0 Å². The zero-order chi connectivity index (χ0) is 14.8. The minimum absolute atomic E-state index is 0. The molecular weight excluding hydrogens is 304 g/mol. The Balaban J connectivity index is 0.00000176. The first-order valence-corrected chi connectivity index (χ1v) is 7.12. The van der Waals surface area contributed by atoms with Crippen LogP contribution < -0.4 is 10.7 Å². The summed E-state index contributed by atoms with van der Waals surface area (Å²) in [7, 11) is 0. The van der Waals surface area contributed by atoms with Crippen LogP contribution in [0.25, 0.3) is 10.9 Å². The van der Waals surface area contributed by atoms with Crippen molar-refractivity contribution < 1.29 is 4.79 Å². The molecular formula is C15H19ClN4O2. The van der Waals surface area contributed by atoms with E-state index in [9.17, 15) is 9.59 Å². The van der Waals surface area contributed by atoms with Gasteiger partial charge in [0.1, 0.15) is 6.54 Å². The molecule has 7 heteroatoms. The molecule has 0 radical (unpaired) electrons. The molecule has 1 saturated heterocycles. The topological polar surface area (TPSA) is 67.2 Å². The highest BCUT2D eigenvalue weighted by Crippen LogP contribution is 2.10. The molecule has 0 saturated carbocycles. The first kappa shape index (κ1) is 16.5. The molecule has 0 aliphatic carbocycles. The Kier molecular flexibility index (Phi) is 5.15. The van der Waals surface area contributed by atoms with E-state index >= 15 is 0 Å². The highest BCUT2D eigenvalue weighted by atomic mass is 35.5. The summed E-state index contributed by atoms with van der Waals surface area (Å²) in [4.78, 5) is 26.1. The van der Waals surface area contributed by atoms with Gasteiger partial charge in [0.05, 0.1) is 11.7 Å². The fourth-order valence-electron chi connectivity index (χ4n) is 2.72. The average molecular weight is 323 g/mol. The lowest BCUT2D eigenvalue weighted by molar-refractivity contribution is -0.134. The third kappa shape index (κ3) is 3.13. The summed E-state index contributed by atoms with van der Waals surface area (Å²) in [6.07, 6.45) is 1.27. The SMILES string of the molecule is C[C@H]1CNCCN1C(=O)Cn1ncc(=O)c2ccccc21.Cl. The summed E-state index contributed by atoms with van der Waals surface area (Å²) < 4.78 is 1.60. The van der Waals surface area contributed by atoms with E-state index in [1.165, 1.54) is 6.20 Å². The lowest BCUT2D eigenvalue weighted by atomic mass is 10.2. The number of hydrogen-bond donors (Lipinski definition) is 1. The molecule has 0 spiro atoms. The van der Waals surface area contributed by atoms with E-state index in [4.69, 9.17) is 0 Å². The van der Waals surface area contributed by atoms with Crippen LogP contribution in [0, 0.1) is 0 Å². The molecule has 1 fully saturated rings. The van der Waals surface area contributed by atoms with Gasteiger partial charge in [-0.2, -0.15) is 5.10 Å². The van der Waals surface area contributed by atoms with Crippen molar-refractivity contribution in [3.05, 3.63) is 40.7 Å². The molecule has 118 valence electrons. The molecule has 1 aromatic heterocycles. The molecule has 1 N–H and O–H groups in total. The summed E-state index contributed by atoms with van der Waals surface area (Å²) in [6, 6.07) is 7.41. The maximum absolute atomic E-state index is 12.5. The Morgan fingerprint density at radius 3 is 2.95 bits per heavy atom. The van der Waals surface area contributed by atoms with Gasteiger partial charge in [-0.05, 0) is 19.1 Å². The number of aromatic nitrogens is 2. The van der Waals surface area contributed by atoms with Crippen molar-refractivity contribution in [3.63, 3.8) is 0 Å². The molecule has 0 unspecified atom stereocenters. The predicted molar refractivity (Wildman–Crippen MR) is 87.3 cm³/mol. The number of benzene rings is 1. The van der Waals surface area contributed by atoms with Crippen molar-refractivity contribution in [1.29, 1.82) is 0 Å². The van der Waals surface area contributed by atoms with E-state index in [-0.39, 0.29) is 36.3 Å². The Labute approximate surface area is 134 Å². The number of carbonyl (C=O) groups excluding carboxylic acids is 1. The molecule has 2 aromatic rings. The summed E-state index contributed by atoms with van der Waals surface area (Å²) >= 11 is 0. The number of amides is 1. The van der Waals surface area contributed by atoms with Gasteiger partial charge in [-0.25, -0.2) is 0 Å². The smallest absolute Gasteiger partial charge is 0.244 e. The molecule has 1 atom stereocenters. The first-order valence-electron chi connectivity index (χ1n) is 7.12. The van der Waals surface area contributed by atoms with E-state index in [0.717, 1.165) is 13.1 Å². The van der Waals surface area contributed by atoms with Crippen LogP contribution in [0.3, 0.4) is 0 Å². The Morgan fingerprint density at radius 2 is 2.18 bits per heavy atom. The molecule has 22 heavy (non-hydrogen) atoms. The maximum atomic E-state index is 12.5. The zero-order valence-corrected chi connectivity index (χ0v) is 13.2. The number of rotatable bonds is 2. The highest BCUT2D eigenvalue weighted by molar-refractivity contribution is 5.85. The number of carbonyl (C=O) groups is 1. The maximum Gasteiger partial charge on any atom is 0.244 e. The van der Waals surface area contributed by atoms with Crippen LogP contribution in [-0.4, -0.2) is 46.3 Å². The van der Waals surface area contributed by atoms with Crippen LogP contribution in [0.4, 0.5) is 0 Å². The molecule has 3 rings (SSSR count). The van der Waals surface area contributed by atoms with Gasteiger partial charge >= 0.3 is 0 Å². The van der Waals surface area contributed by atoms with E-state index in [1.54, 1.807) is 10.7 Å². The van der Waals surface area contributed by atoms with Crippen molar-refractivity contribution in [2.24, 2.45) is 0 Å². The van der Waals surface area contributed by atoms with Crippen LogP contribution in [0.2, 0.25) is 0 Å². The molecule has 0 bridgehead atoms. The van der Waals surface area contributed by atoms with Gasteiger partial charge in [0.2, 0.25) is 11.3 Å². The van der Waals surface area contributed by atoms with Gasteiger partial charge in [0, 0.05) is 31.1 Å². The molecule has 1 aromatic carbocycles. The Bertz CT molecular complexity index is 731. The molecule has 1 aliphatic heterocycles. The van der Waals surface area contributed by atoms with Gasteiger partial charge in [-0.15, -0.1) is 12.4 Å². The van der Waals surface area contributed by atoms with Crippen LogP contribution >= 0.6 is 12.4 Å². The molecule has 1 aliphatic rings.